The number of nitrogens with zero attached hydrogens (tertiary/aromatic N) is 1. The molecule has 106 valence electrons. The van der Waals surface area contributed by atoms with Gasteiger partial charge in [0.05, 0.1) is 5.75 Å². The quantitative estimate of drug-likeness (QED) is 0.856. The van der Waals surface area contributed by atoms with Crippen molar-refractivity contribution in [3.05, 3.63) is 34.9 Å². The molecule has 1 fully saturated rings. The number of sulfonamides is 1. The van der Waals surface area contributed by atoms with Crippen LogP contribution >= 0.6 is 11.6 Å². The van der Waals surface area contributed by atoms with Gasteiger partial charge < -0.3 is 0 Å². The molecule has 0 aliphatic carbocycles. The molecule has 5 heteroatoms. The van der Waals surface area contributed by atoms with E-state index in [4.69, 9.17) is 11.6 Å². The largest absolute Gasteiger partial charge is 0.218 e. The summed E-state index contributed by atoms with van der Waals surface area (Å²) in [6.45, 7) is 4.79. The van der Waals surface area contributed by atoms with E-state index in [-0.39, 0.29) is 11.8 Å². The highest BCUT2D eigenvalue weighted by Gasteiger charge is 2.35. The molecule has 2 rings (SSSR count). The third-order valence-electron chi connectivity index (χ3n) is 3.67. The van der Waals surface area contributed by atoms with Crippen LogP contribution in [-0.4, -0.2) is 25.3 Å². The lowest BCUT2D eigenvalue weighted by Crippen LogP contribution is -2.39. The van der Waals surface area contributed by atoms with Crippen molar-refractivity contribution in [2.75, 3.05) is 6.54 Å². The van der Waals surface area contributed by atoms with Gasteiger partial charge in [-0.05, 0) is 30.4 Å². The highest BCUT2D eigenvalue weighted by Crippen LogP contribution is 2.29. The highest BCUT2D eigenvalue weighted by molar-refractivity contribution is 7.88. The highest BCUT2D eigenvalue weighted by atomic mass is 35.5. The first-order chi connectivity index (χ1) is 8.92. The molecule has 1 atom stereocenters. The van der Waals surface area contributed by atoms with Crippen molar-refractivity contribution in [2.24, 2.45) is 5.92 Å². The Labute approximate surface area is 120 Å². The molecular weight excluding hydrogens is 282 g/mol. The first-order valence-electron chi connectivity index (χ1n) is 6.65. The van der Waals surface area contributed by atoms with Gasteiger partial charge in [0.15, 0.2) is 0 Å². The maximum Gasteiger partial charge on any atom is 0.218 e. The summed E-state index contributed by atoms with van der Waals surface area (Å²) in [6, 6.07) is 7.27. The summed E-state index contributed by atoms with van der Waals surface area (Å²) in [5.74, 6) is 0.346. The number of halogens is 1. The Morgan fingerprint density at radius 2 is 2.05 bits per heavy atom. The van der Waals surface area contributed by atoms with Crippen LogP contribution in [0, 0.1) is 5.92 Å². The Morgan fingerprint density at radius 1 is 1.37 bits per heavy atom. The van der Waals surface area contributed by atoms with Crippen molar-refractivity contribution < 1.29 is 8.42 Å². The lowest BCUT2D eigenvalue weighted by Gasteiger charge is -2.27. The topological polar surface area (TPSA) is 37.4 Å². The zero-order valence-corrected chi connectivity index (χ0v) is 12.9. The minimum atomic E-state index is -3.28. The summed E-state index contributed by atoms with van der Waals surface area (Å²) in [5.41, 5.74) is 0.679. The Bertz CT molecular complexity index is 542. The standard InChI is InChI=1S/C14H20ClNO2S/c1-11(2)14-8-5-9-16(14)19(17,18)10-12-6-3-4-7-13(12)15/h3-4,6-7,11,14H,5,8-10H2,1-2H3. The Balaban J connectivity index is 2.21. The SMILES string of the molecule is CC(C)C1CCCN1S(=O)(=O)Cc1ccccc1Cl. The predicted molar refractivity (Wildman–Crippen MR) is 78.6 cm³/mol. The molecule has 1 aliphatic heterocycles. The molecule has 0 saturated carbocycles. The van der Waals surface area contributed by atoms with E-state index in [0.29, 0.717) is 23.0 Å². The van der Waals surface area contributed by atoms with Crippen LogP contribution in [0.2, 0.25) is 5.02 Å². The second-order valence-corrected chi connectivity index (χ2v) is 7.74. The first kappa shape index (κ1) is 14.8. The predicted octanol–water partition coefficient (Wildman–Crippen LogP) is 3.29. The smallest absolute Gasteiger partial charge is 0.212 e. The van der Waals surface area contributed by atoms with Crippen molar-refractivity contribution in [3.8, 4) is 0 Å². The normalized spacial score (nSPS) is 21.2. The van der Waals surface area contributed by atoms with Gasteiger partial charge in [0, 0.05) is 17.6 Å². The molecule has 0 bridgehead atoms. The van der Waals surface area contributed by atoms with Crippen molar-refractivity contribution in [1.82, 2.24) is 4.31 Å². The van der Waals surface area contributed by atoms with Crippen molar-refractivity contribution >= 4 is 21.6 Å². The Morgan fingerprint density at radius 3 is 2.68 bits per heavy atom. The maximum atomic E-state index is 12.5. The number of hydrogen-bond donors (Lipinski definition) is 0. The number of rotatable bonds is 4. The average Bonchev–Trinajstić information content (AvgIpc) is 2.82. The molecular formula is C14H20ClNO2S. The van der Waals surface area contributed by atoms with E-state index in [9.17, 15) is 8.42 Å². The van der Waals surface area contributed by atoms with Crippen molar-refractivity contribution in [2.45, 2.75) is 38.5 Å². The summed E-state index contributed by atoms with van der Waals surface area (Å²) < 4.78 is 26.7. The summed E-state index contributed by atoms with van der Waals surface area (Å²) in [5, 5.41) is 0.520. The van der Waals surface area contributed by atoms with E-state index >= 15 is 0 Å². The zero-order chi connectivity index (χ0) is 14.0. The van der Waals surface area contributed by atoms with Crippen LogP contribution in [0.5, 0.6) is 0 Å². The summed E-state index contributed by atoms with van der Waals surface area (Å²) in [7, 11) is -3.28. The molecule has 0 radical (unpaired) electrons. The molecule has 1 heterocycles. The zero-order valence-electron chi connectivity index (χ0n) is 11.3. The molecule has 0 spiro atoms. The minimum absolute atomic E-state index is 0.00407. The van der Waals surface area contributed by atoms with Gasteiger partial charge in [0.25, 0.3) is 0 Å². The second kappa shape index (κ2) is 5.81. The van der Waals surface area contributed by atoms with E-state index in [1.54, 1.807) is 16.4 Å². The number of benzene rings is 1. The molecule has 0 N–H and O–H groups in total. The first-order valence-corrected chi connectivity index (χ1v) is 8.63. The molecule has 19 heavy (non-hydrogen) atoms. The lowest BCUT2D eigenvalue weighted by atomic mass is 10.0. The van der Waals surface area contributed by atoms with E-state index in [2.05, 4.69) is 13.8 Å². The second-order valence-electron chi connectivity index (χ2n) is 5.41. The fourth-order valence-corrected chi connectivity index (χ4v) is 4.93. The monoisotopic (exact) mass is 301 g/mol. The van der Waals surface area contributed by atoms with Gasteiger partial charge in [-0.1, -0.05) is 43.6 Å². The fraction of sp³-hybridized carbons (Fsp3) is 0.571. The van der Waals surface area contributed by atoms with E-state index in [1.165, 1.54) is 0 Å². The van der Waals surface area contributed by atoms with Gasteiger partial charge in [-0.3, -0.25) is 0 Å². The van der Waals surface area contributed by atoms with Crippen LogP contribution < -0.4 is 0 Å². The number of hydrogen-bond acceptors (Lipinski definition) is 2. The molecule has 1 aliphatic rings. The van der Waals surface area contributed by atoms with Gasteiger partial charge in [-0.15, -0.1) is 0 Å². The molecule has 0 amide bonds. The molecule has 1 saturated heterocycles. The molecule has 0 aromatic heterocycles. The summed E-state index contributed by atoms with van der Waals surface area (Å²) >= 11 is 6.05. The van der Waals surface area contributed by atoms with Gasteiger partial charge >= 0.3 is 0 Å². The average molecular weight is 302 g/mol. The van der Waals surface area contributed by atoms with Gasteiger partial charge in [0.1, 0.15) is 0 Å². The lowest BCUT2D eigenvalue weighted by molar-refractivity contribution is 0.315. The van der Waals surface area contributed by atoms with E-state index < -0.39 is 10.0 Å². The molecule has 1 unspecified atom stereocenters. The third-order valence-corrected chi connectivity index (χ3v) is 5.88. The van der Waals surface area contributed by atoms with Crippen LogP contribution in [0.1, 0.15) is 32.3 Å². The fourth-order valence-electron chi connectivity index (χ4n) is 2.67. The van der Waals surface area contributed by atoms with Gasteiger partial charge in [0.2, 0.25) is 10.0 Å². The molecule has 1 aromatic carbocycles. The van der Waals surface area contributed by atoms with Gasteiger partial charge in [-0.2, -0.15) is 4.31 Å². The molecule has 1 aromatic rings. The van der Waals surface area contributed by atoms with Crippen molar-refractivity contribution in [3.63, 3.8) is 0 Å². The molecule has 3 nitrogen and oxygen atoms in total. The van der Waals surface area contributed by atoms with E-state index in [1.807, 2.05) is 12.1 Å². The van der Waals surface area contributed by atoms with Crippen LogP contribution in [0.25, 0.3) is 0 Å². The van der Waals surface area contributed by atoms with E-state index in [0.717, 1.165) is 12.8 Å². The van der Waals surface area contributed by atoms with Crippen molar-refractivity contribution in [1.29, 1.82) is 0 Å². The Hall–Kier alpha value is -0.580. The van der Waals surface area contributed by atoms with Gasteiger partial charge in [-0.25, -0.2) is 8.42 Å². The summed E-state index contributed by atoms with van der Waals surface area (Å²) in [6.07, 6.45) is 1.91. The van der Waals surface area contributed by atoms with Crippen LogP contribution in [0.3, 0.4) is 0 Å². The third kappa shape index (κ3) is 3.30. The Kier molecular flexibility index (Phi) is 4.54. The maximum absolute atomic E-state index is 12.5. The van der Waals surface area contributed by atoms with Crippen LogP contribution in [-0.2, 0) is 15.8 Å². The van der Waals surface area contributed by atoms with Crippen LogP contribution in [0.4, 0.5) is 0 Å². The van der Waals surface area contributed by atoms with Crippen LogP contribution in [0.15, 0.2) is 24.3 Å². The summed E-state index contributed by atoms with van der Waals surface area (Å²) in [4.78, 5) is 0. The minimum Gasteiger partial charge on any atom is -0.212 e.